The van der Waals surface area contributed by atoms with E-state index in [1.165, 1.54) is 23.5 Å². The van der Waals surface area contributed by atoms with E-state index in [0.717, 1.165) is 0 Å². The van der Waals surface area contributed by atoms with Gasteiger partial charge in [0.05, 0.1) is 17.0 Å². The van der Waals surface area contributed by atoms with E-state index in [1.807, 2.05) is 0 Å². The molecule has 1 aromatic heterocycles. The van der Waals surface area contributed by atoms with Crippen molar-refractivity contribution >= 4 is 34.6 Å². The Kier molecular flexibility index (Phi) is 3.77. The number of benzene rings is 1. The van der Waals surface area contributed by atoms with Gasteiger partial charge in [-0.25, -0.2) is 4.98 Å². The largest absolute Gasteiger partial charge is 0.481 e. The number of halogens is 1. The quantitative estimate of drug-likeness (QED) is 0.691. The van der Waals surface area contributed by atoms with Crippen LogP contribution in [0.3, 0.4) is 0 Å². The van der Waals surface area contributed by atoms with Crippen LogP contribution in [-0.2, 0) is 11.2 Å². The van der Waals surface area contributed by atoms with Gasteiger partial charge in [-0.15, -0.1) is 11.3 Å². The summed E-state index contributed by atoms with van der Waals surface area (Å²) in [7, 11) is 0. The average molecular weight is 299 g/mol. The minimum absolute atomic E-state index is 0.0507. The lowest BCUT2D eigenvalue weighted by molar-refractivity contribution is -0.384. The fourth-order valence-corrected chi connectivity index (χ4v) is 2.45. The Morgan fingerprint density at radius 2 is 2.26 bits per heavy atom. The third-order valence-corrected chi connectivity index (χ3v) is 3.46. The summed E-state index contributed by atoms with van der Waals surface area (Å²) in [5.74, 6) is -0.969. The number of hydrogen-bond donors (Lipinski definition) is 1. The summed E-state index contributed by atoms with van der Waals surface area (Å²) in [5, 5.41) is 21.6. The predicted molar refractivity (Wildman–Crippen MR) is 70.6 cm³/mol. The second-order valence-electron chi connectivity index (χ2n) is 3.62. The summed E-state index contributed by atoms with van der Waals surface area (Å²) in [6, 6.07) is 4.35. The van der Waals surface area contributed by atoms with Crippen LogP contribution in [0.4, 0.5) is 5.69 Å². The maximum absolute atomic E-state index is 10.8. The third kappa shape index (κ3) is 3.07. The number of carbonyl (C=O) groups is 1. The highest BCUT2D eigenvalue weighted by Gasteiger charge is 2.15. The monoisotopic (exact) mass is 298 g/mol. The number of nitro benzene ring substituents is 1. The Balaban J connectivity index is 2.36. The van der Waals surface area contributed by atoms with Crippen molar-refractivity contribution in [1.29, 1.82) is 0 Å². The lowest BCUT2D eigenvalue weighted by Gasteiger charge is -1.99. The maximum atomic E-state index is 10.8. The SMILES string of the molecule is O=C(O)Cc1nc(-c2ccc(Cl)c([N+](=O)[O-])c2)cs1. The molecule has 0 aliphatic heterocycles. The minimum Gasteiger partial charge on any atom is -0.481 e. The molecule has 2 rings (SSSR count). The topological polar surface area (TPSA) is 93.3 Å². The first-order valence-electron chi connectivity index (χ1n) is 5.08. The molecule has 98 valence electrons. The fourth-order valence-electron chi connectivity index (χ4n) is 1.47. The zero-order valence-electron chi connectivity index (χ0n) is 9.37. The van der Waals surface area contributed by atoms with E-state index in [9.17, 15) is 14.9 Å². The van der Waals surface area contributed by atoms with Gasteiger partial charge >= 0.3 is 5.97 Å². The van der Waals surface area contributed by atoms with E-state index < -0.39 is 10.9 Å². The van der Waals surface area contributed by atoms with Gasteiger partial charge in [-0.05, 0) is 6.07 Å². The number of carboxylic acids is 1. The summed E-state index contributed by atoms with van der Waals surface area (Å²) >= 11 is 6.91. The number of nitro groups is 1. The number of nitrogens with zero attached hydrogens (tertiary/aromatic N) is 2. The first-order chi connectivity index (χ1) is 8.97. The highest BCUT2D eigenvalue weighted by Crippen LogP contribution is 2.30. The van der Waals surface area contributed by atoms with Crippen LogP contribution >= 0.6 is 22.9 Å². The van der Waals surface area contributed by atoms with Crippen LogP contribution < -0.4 is 0 Å². The standard InChI is InChI=1S/C11H7ClN2O4S/c12-7-2-1-6(3-9(7)14(17)18)8-5-19-10(13-8)4-11(15)16/h1-3,5H,4H2,(H,15,16). The molecule has 0 spiro atoms. The molecular formula is C11H7ClN2O4S. The number of thiazole rings is 1. The lowest BCUT2D eigenvalue weighted by Crippen LogP contribution is -1.99. The van der Waals surface area contributed by atoms with Crippen molar-refractivity contribution < 1.29 is 14.8 Å². The van der Waals surface area contributed by atoms with Gasteiger partial charge in [-0.1, -0.05) is 17.7 Å². The number of rotatable bonds is 4. The summed E-state index contributed by atoms with van der Waals surface area (Å²) < 4.78 is 0. The molecule has 0 bridgehead atoms. The summed E-state index contributed by atoms with van der Waals surface area (Å²) in [6.45, 7) is 0. The Labute approximate surface area is 116 Å². The Hall–Kier alpha value is -1.99. The minimum atomic E-state index is -0.969. The molecule has 1 aromatic carbocycles. The zero-order chi connectivity index (χ0) is 14.0. The Morgan fingerprint density at radius 3 is 2.89 bits per heavy atom. The van der Waals surface area contributed by atoms with Crippen LogP contribution in [-0.4, -0.2) is 21.0 Å². The van der Waals surface area contributed by atoms with E-state index in [4.69, 9.17) is 16.7 Å². The highest BCUT2D eigenvalue weighted by atomic mass is 35.5. The summed E-state index contributed by atoms with van der Waals surface area (Å²) in [6.07, 6.45) is -0.166. The van der Waals surface area contributed by atoms with Crippen molar-refractivity contribution in [2.45, 2.75) is 6.42 Å². The second-order valence-corrected chi connectivity index (χ2v) is 4.97. The van der Waals surface area contributed by atoms with Crippen LogP contribution in [0.2, 0.25) is 5.02 Å². The maximum Gasteiger partial charge on any atom is 0.310 e. The van der Waals surface area contributed by atoms with Crippen LogP contribution in [0.25, 0.3) is 11.3 Å². The van der Waals surface area contributed by atoms with E-state index in [-0.39, 0.29) is 17.1 Å². The van der Waals surface area contributed by atoms with Crippen LogP contribution in [0, 0.1) is 10.1 Å². The Morgan fingerprint density at radius 1 is 1.53 bits per heavy atom. The molecule has 0 amide bonds. The number of aromatic nitrogens is 1. The smallest absolute Gasteiger partial charge is 0.310 e. The molecule has 19 heavy (non-hydrogen) atoms. The van der Waals surface area contributed by atoms with Gasteiger partial charge in [0.15, 0.2) is 0 Å². The van der Waals surface area contributed by atoms with Crippen LogP contribution in [0.5, 0.6) is 0 Å². The molecule has 8 heteroatoms. The molecule has 1 heterocycles. The third-order valence-electron chi connectivity index (χ3n) is 2.29. The van der Waals surface area contributed by atoms with Crippen molar-refractivity contribution in [1.82, 2.24) is 4.98 Å². The van der Waals surface area contributed by atoms with Gasteiger partial charge in [0.25, 0.3) is 5.69 Å². The summed E-state index contributed by atoms with van der Waals surface area (Å²) in [4.78, 5) is 24.9. The first kappa shape index (κ1) is 13.4. The van der Waals surface area contributed by atoms with Gasteiger partial charge in [0.1, 0.15) is 10.0 Å². The first-order valence-corrected chi connectivity index (χ1v) is 6.33. The highest BCUT2D eigenvalue weighted by molar-refractivity contribution is 7.10. The molecule has 1 N–H and O–H groups in total. The van der Waals surface area contributed by atoms with Gasteiger partial charge in [0, 0.05) is 17.0 Å². The summed E-state index contributed by atoms with van der Waals surface area (Å²) in [5.41, 5.74) is 0.831. The van der Waals surface area contributed by atoms with E-state index in [0.29, 0.717) is 16.3 Å². The lowest BCUT2D eigenvalue weighted by atomic mass is 10.1. The van der Waals surface area contributed by atoms with E-state index in [1.54, 1.807) is 11.4 Å². The van der Waals surface area contributed by atoms with Crippen molar-refractivity contribution in [3.8, 4) is 11.3 Å². The van der Waals surface area contributed by atoms with Gasteiger partial charge in [-0.2, -0.15) is 0 Å². The van der Waals surface area contributed by atoms with Gasteiger partial charge in [0.2, 0.25) is 0 Å². The molecule has 0 atom stereocenters. The molecular weight excluding hydrogens is 292 g/mol. The molecule has 2 aromatic rings. The molecule has 0 aliphatic rings. The fraction of sp³-hybridized carbons (Fsp3) is 0.0909. The van der Waals surface area contributed by atoms with Crippen molar-refractivity contribution in [2.75, 3.05) is 0 Å². The number of carboxylic acid groups (broad SMARTS) is 1. The van der Waals surface area contributed by atoms with Crippen molar-refractivity contribution in [2.24, 2.45) is 0 Å². The normalized spacial score (nSPS) is 10.4. The van der Waals surface area contributed by atoms with Crippen molar-refractivity contribution in [3.63, 3.8) is 0 Å². The second kappa shape index (κ2) is 5.33. The molecule has 6 nitrogen and oxygen atoms in total. The van der Waals surface area contributed by atoms with Crippen LogP contribution in [0.15, 0.2) is 23.6 Å². The van der Waals surface area contributed by atoms with Gasteiger partial charge in [-0.3, -0.25) is 14.9 Å². The molecule has 0 unspecified atom stereocenters. The van der Waals surface area contributed by atoms with Crippen molar-refractivity contribution in [3.05, 3.63) is 43.7 Å². The van der Waals surface area contributed by atoms with E-state index >= 15 is 0 Å². The predicted octanol–water partition coefficient (Wildman–Crippen LogP) is 3.00. The number of aliphatic carboxylic acids is 1. The zero-order valence-corrected chi connectivity index (χ0v) is 10.9. The van der Waals surface area contributed by atoms with Gasteiger partial charge < -0.3 is 5.11 Å². The number of hydrogen-bond acceptors (Lipinski definition) is 5. The average Bonchev–Trinajstić information content (AvgIpc) is 2.76. The van der Waals surface area contributed by atoms with E-state index in [2.05, 4.69) is 4.98 Å². The molecule has 0 saturated heterocycles. The van der Waals surface area contributed by atoms with Crippen LogP contribution in [0.1, 0.15) is 5.01 Å². The molecule has 0 radical (unpaired) electrons. The molecule has 0 saturated carbocycles. The Bertz CT molecular complexity index is 656. The molecule has 0 fully saturated rings. The molecule has 0 aliphatic carbocycles.